The summed E-state index contributed by atoms with van der Waals surface area (Å²) in [6.07, 6.45) is 1.47. The molecule has 0 fully saturated rings. The molecule has 0 atom stereocenters. The lowest BCUT2D eigenvalue weighted by atomic mass is 10.2. The Morgan fingerprint density at radius 3 is 2.47 bits per heavy atom. The van der Waals surface area contributed by atoms with Crippen LogP contribution in [0.15, 0.2) is 52.0 Å². The Morgan fingerprint density at radius 2 is 1.88 bits per heavy atom. The summed E-state index contributed by atoms with van der Waals surface area (Å²) >= 11 is 0. The quantitative estimate of drug-likeness (QED) is 0.784. The fourth-order valence-electron chi connectivity index (χ4n) is 1.30. The molecule has 0 amide bonds. The van der Waals surface area contributed by atoms with Crippen LogP contribution in [0.2, 0.25) is 0 Å². The summed E-state index contributed by atoms with van der Waals surface area (Å²) in [7, 11) is -3.71. The molecule has 17 heavy (non-hydrogen) atoms. The molecule has 2 aromatic rings. The van der Waals surface area contributed by atoms with Gasteiger partial charge in [0.2, 0.25) is 0 Å². The van der Waals surface area contributed by atoms with Crippen LogP contribution in [0.3, 0.4) is 0 Å². The third kappa shape index (κ3) is 2.95. The molecular weight excluding hydrogens is 240 g/mol. The zero-order valence-corrected chi connectivity index (χ0v) is 10.1. The fraction of sp³-hybridized carbons (Fsp3) is 0.167. The van der Waals surface area contributed by atoms with Crippen LogP contribution in [0.4, 0.5) is 0 Å². The molecule has 0 saturated carbocycles. The number of aryl methyl sites for hydroxylation is 1. The number of rotatable bonds is 4. The summed E-state index contributed by atoms with van der Waals surface area (Å²) < 4.78 is 33.4. The van der Waals surface area contributed by atoms with E-state index in [1.807, 2.05) is 6.92 Å². The van der Waals surface area contributed by atoms with Crippen molar-refractivity contribution < 1.29 is 17.0 Å². The summed E-state index contributed by atoms with van der Waals surface area (Å²) in [6, 6.07) is 9.83. The van der Waals surface area contributed by atoms with E-state index in [0.717, 1.165) is 5.56 Å². The van der Waals surface area contributed by atoms with E-state index in [4.69, 9.17) is 8.60 Å². The standard InChI is InChI=1S/C12H12O4S/c1-10-4-6-12(7-5-10)17(13,14)16-9-11-3-2-8-15-11/h2-8H,9H2,1H3. The van der Waals surface area contributed by atoms with Crippen molar-refractivity contribution in [2.24, 2.45) is 0 Å². The van der Waals surface area contributed by atoms with E-state index in [1.165, 1.54) is 18.4 Å². The Labute approximate surface area is 100.0 Å². The minimum Gasteiger partial charge on any atom is -0.467 e. The van der Waals surface area contributed by atoms with Crippen molar-refractivity contribution in [1.82, 2.24) is 0 Å². The number of furan rings is 1. The van der Waals surface area contributed by atoms with Gasteiger partial charge in [-0.3, -0.25) is 4.18 Å². The first kappa shape index (κ1) is 11.9. The maximum Gasteiger partial charge on any atom is 0.297 e. The first-order chi connectivity index (χ1) is 8.08. The molecule has 0 aliphatic carbocycles. The van der Waals surface area contributed by atoms with E-state index in [1.54, 1.807) is 24.3 Å². The molecule has 1 aromatic heterocycles. The number of benzene rings is 1. The fourth-order valence-corrected chi connectivity index (χ4v) is 2.18. The van der Waals surface area contributed by atoms with E-state index >= 15 is 0 Å². The highest BCUT2D eigenvalue weighted by Gasteiger charge is 2.15. The van der Waals surface area contributed by atoms with Crippen LogP contribution in [0.1, 0.15) is 11.3 Å². The molecule has 4 nitrogen and oxygen atoms in total. The van der Waals surface area contributed by atoms with Gasteiger partial charge in [0.15, 0.2) is 0 Å². The molecule has 0 radical (unpaired) electrons. The largest absolute Gasteiger partial charge is 0.467 e. The van der Waals surface area contributed by atoms with Gasteiger partial charge in [0.05, 0.1) is 11.2 Å². The summed E-state index contributed by atoms with van der Waals surface area (Å²) in [6.45, 7) is 1.79. The third-order valence-electron chi connectivity index (χ3n) is 2.25. The van der Waals surface area contributed by atoms with E-state index < -0.39 is 10.1 Å². The van der Waals surface area contributed by atoms with Gasteiger partial charge in [-0.25, -0.2) is 0 Å². The Kier molecular flexibility index (Phi) is 3.31. The number of hydrogen-bond donors (Lipinski definition) is 0. The lowest BCUT2D eigenvalue weighted by Crippen LogP contribution is -2.06. The van der Waals surface area contributed by atoms with Crippen molar-refractivity contribution in [3.05, 3.63) is 54.0 Å². The van der Waals surface area contributed by atoms with Crippen molar-refractivity contribution in [3.63, 3.8) is 0 Å². The average molecular weight is 252 g/mol. The van der Waals surface area contributed by atoms with Gasteiger partial charge >= 0.3 is 0 Å². The highest BCUT2D eigenvalue weighted by molar-refractivity contribution is 7.86. The molecule has 0 spiro atoms. The zero-order valence-electron chi connectivity index (χ0n) is 9.29. The van der Waals surface area contributed by atoms with Crippen LogP contribution in [0.5, 0.6) is 0 Å². The van der Waals surface area contributed by atoms with Gasteiger partial charge in [-0.2, -0.15) is 8.42 Å². The van der Waals surface area contributed by atoms with Crippen molar-refractivity contribution in [3.8, 4) is 0 Å². The molecule has 90 valence electrons. The maximum atomic E-state index is 11.8. The molecule has 0 N–H and O–H groups in total. The Morgan fingerprint density at radius 1 is 1.18 bits per heavy atom. The van der Waals surface area contributed by atoms with E-state index in [9.17, 15) is 8.42 Å². The van der Waals surface area contributed by atoms with Gasteiger partial charge < -0.3 is 4.42 Å². The predicted molar refractivity (Wildman–Crippen MR) is 61.9 cm³/mol. The highest BCUT2D eigenvalue weighted by Crippen LogP contribution is 2.15. The first-order valence-corrected chi connectivity index (χ1v) is 6.47. The van der Waals surface area contributed by atoms with E-state index in [-0.39, 0.29) is 11.5 Å². The van der Waals surface area contributed by atoms with Crippen molar-refractivity contribution in [1.29, 1.82) is 0 Å². The smallest absolute Gasteiger partial charge is 0.297 e. The molecule has 0 aliphatic rings. The Bertz CT molecular complexity index is 567. The van der Waals surface area contributed by atoms with Crippen molar-refractivity contribution in [2.45, 2.75) is 18.4 Å². The second kappa shape index (κ2) is 4.73. The molecular formula is C12H12O4S. The molecule has 2 rings (SSSR count). The van der Waals surface area contributed by atoms with Crippen molar-refractivity contribution >= 4 is 10.1 Å². The maximum absolute atomic E-state index is 11.8. The summed E-state index contributed by atoms with van der Waals surface area (Å²) in [5.74, 6) is 0.473. The third-order valence-corrected chi connectivity index (χ3v) is 3.52. The molecule has 0 aliphatic heterocycles. The molecule has 5 heteroatoms. The second-order valence-electron chi connectivity index (χ2n) is 3.61. The minimum absolute atomic E-state index is 0.0940. The predicted octanol–water partition coefficient (Wildman–Crippen LogP) is 2.49. The van der Waals surface area contributed by atoms with Gasteiger partial charge in [-0.15, -0.1) is 0 Å². The Balaban J connectivity index is 2.11. The van der Waals surface area contributed by atoms with Gasteiger partial charge in [0.1, 0.15) is 12.4 Å². The van der Waals surface area contributed by atoms with Crippen molar-refractivity contribution in [2.75, 3.05) is 0 Å². The molecule has 1 aromatic carbocycles. The topological polar surface area (TPSA) is 56.5 Å². The lowest BCUT2D eigenvalue weighted by molar-refractivity contribution is 0.274. The van der Waals surface area contributed by atoms with Crippen LogP contribution in [0, 0.1) is 6.92 Å². The molecule has 0 saturated heterocycles. The summed E-state index contributed by atoms with van der Waals surface area (Å²) in [5, 5.41) is 0. The van der Waals surface area contributed by atoms with E-state index in [0.29, 0.717) is 5.76 Å². The van der Waals surface area contributed by atoms with E-state index in [2.05, 4.69) is 0 Å². The van der Waals surface area contributed by atoms with Crippen LogP contribution in [-0.2, 0) is 20.9 Å². The lowest BCUT2D eigenvalue weighted by Gasteiger charge is -2.04. The number of hydrogen-bond acceptors (Lipinski definition) is 4. The van der Waals surface area contributed by atoms with Gasteiger partial charge in [-0.05, 0) is 31.2 Å². The normalized spacial score (nSPS) is 11.6. The van der Waals surface area contributed by atoms with Gasteiger partial charge in [-0.1, -0.05) is 17.7 Å². The first-order valence-electron chi connectivity index (χ1n) is 5.06. The molecule has 1 heterocycles. The summed E-state index contributed by atoms with van der Waals surface area (Å²) in [4.78, 5) is 0.148. The van der Waals surface area contributed by atoms with Gasteiger partial charge in [0, 0.05) is 0 Å². The minimum atomic E-state index is -3.71. The highest BCUT2D eigenvalue weighted by atomic mass is 32.2. The van der Waals surface area contributed by atoms with Crippen LogP contribution in [0.25, 0.3) is 0 Å². The van der Waals surface area contributed by atoms with Crippen LogP contribution >= 0.6 is 0 Å². The SMILES string of the molecule is Cc1ccc(S(=O)(=O)OCc2ccco2)cc1. The van der Waals surface area contributed by atoms with Gasteiger partial charge in [0.25, 0.3) is 10.1 Å². The zero-order chi connectivity index (χ0) is 12.3. The molecule has 0 bridgehead atoms. The monoisotopic (exact) mass is 252 g/mol. The Hall–Kier alpha value is -1.59. The average Bonchev–Trinajstić information content (AvgIpc) is 2.80. The summed E-state index contributed by atoms with van der Waals surface area (Å²) in [5.41, 5.74) is 0.995. The van der Waals surface area contributed by atoms with Crippen LogP contribution in [-0.4, -0.2) is 8.42 Å². The second-order valence-corrected chi connectivity index (χ2v) is 5.22. The molecule has 0 unspecified atom stereocenters. The van der Waals surface area contributed by atoms with Crippen LogP contribution < -0.4 is 0 Å².